The minimum absolute atomic E-state index is 0.0460. The zero-order valence-electron chi connectivity index (χ0n) is 17.7. The summed E-state index contributed by atoms with van der Waals surface area (Å²) in [6.45, 7) is 0.310. The molecule has 4 aromatic rings. The molecule has 0 aliphatic heterocycles. The van der Waals surface area contributed by atoms with Gasteiger partial charge in [0.2, 0.25) is 5.91 Å². The predicted octanol–water partition coefficient (Wildman–Crippen LogP) is 4.27. The second kappa shape index (κ2) is 9.44. The van der Waals surface area contributed by atoms with Gasteiger partial charge >= 0.3 is 0 Å². The summed E-state index contributed by atoms with van der Waals surface area (Å²) < 4.78 is 16.0. The highest BCUT2D eigenvalue weighted by Crippen LogP contribution is 2.35. The van der Waals surface area contributed by atoms with Crippen molar-refractivity contribution >= 4 is 39.2 Å². The lowest BCUT2D eigenvalue weighted by molar-refractivity contribution is -0.118. The summed E-state index contributed by atoms with van der Waals surface area (Å²) in [6, 6.07) is 11.7. The molecule has 168 valence electrons. The molecule has 0 bridgehead atoms. The molecule has 0 spiro atoms. The van der Waals surface area contributed by atoms with Gasteiger partial charge in [-0.05, 0) is 55.5 Å². The van der Waals surface area contributed by atoms with Crippen LogP contribution in [0.3, 0.4) is 0 Å². The van der Waals surface area contributed by atoms with Gasteiger partial charge in [0.05, 0.1) is 29.1 Å². The summed E-state index contributed by atoms with van der Waals surface area (Å²) in [4.78, 5) is 36.9. The molecule has 1 amide bonds. The van der Waals surface area contributed by atoms with Crippen molar-refractivity contribution in [2.24, 2.45) is 0 Å². The zero-order chi connectivity index (χ0) is 22.8. The van der Waals surface area contributed by atoms with Crippen molar-refractivity contribution in [3.8, 4) is 5.69 Å². The minimum Gasteiger partial charge on any atom is -0.350 e. The molecule has 33 heavy (non-hydrogen) atoms. The summed E-state index contributed by atoms with van der Waals surface area (Å²) in [5.41, 5.74) is 1.67. The van der Waals surface area contributed by atoms with E-state index in [9.17, 15) is 14.0 Å². The quantitative estimate of drug-likeness (QED) is 0.330. The number of fused-ring (bicyclic) bond motifs is 3. The number of carbonyl (C=O) groups excluding carboxylic acids is 1. The number of carbonyl (C=O) groups is 1. The second-order valence-corrected chi connectivity index (χ2v) is 9.79. The van der Waals surface area contributed by atoms with Crippen molar-refractivity contribution in [3.05, 3.63) is 81.0 Å². The first-order valence-corrected chi connectivity index (χ1v) is 12.5. The minimum atomic E-state index is -0.508. The fourth-order valence-corrected chi connectivity index (χ4v) is 6.14. The molecule has 0 fully saturated rings. The maximum absolute atomic E-state index is 14.7. The smallest absolute Gasteiger partial charge is 0.267 e. The van der Waals surface area contributed by atoms with Crippen molar-refractivity contribution in [1.82, 2.24) is 19.9 Å². The summed E-state index contributed by atoms with van der Waals surface area (Å²) in [6.07, 6.45) is 5.58. The second-order valence-electron chi connectivity index (χ2n) is 7.76. The fraction of sp³-hybridized carbons (Fsp3) is 0.250. The topological polar surface area (TPSA) is 76.9 Å². The Morgan fingerprint density at radius 1 is 1.15 bits per heavy atom. The summed E-state index contributed by atoms with van der Waals surface area (Å²) in [7, 11) is 0. The van der Waals surface area contributed by atoms with Gasteiger partial charge in [-0.2, -0.15) is 0 Å². The Kier molecular flexibility index (Phi) is 6.24. The highest BCUT2D eigenvalue weighted by atomic mass is 32.2. The van der Waals surface area contributed by atoms with Crippen LogP contribution in [0, 0.1) is 5.82 Å². The van der Waals surface area contributed by atoms with Gasteiger partial charge < -0.3 is 5.32 Å². The molecule has 1 aliphatic carbocycles. The Morgan fingerprint density at radius 2 is 1.97 bits per heavy atom. The molecule has 1 aliphatic rings. The predicted molar refractivity (Wildman–Crippen MR) is 129 cm³/mol. The van der Waals surface area contributed by atoms with E-state index in [0.717, 1.165) is 48.7 Å². The largest absolute Gasteiger partial charge is 0.350 e. The van der Waals surface area contributed by atoms with E-state index in [1.165, 1.54) is 26.8 Å². The van der Waals surface area contributed by atoms with E-state index in [4.69, 9.17) is 4.98 Å². The number of para-hydroxylation sites is 1. The number of thiophene rings is 1. The van der Waals surface area contributed by atoms with Crippen molar-refractivity contribution in [1.29, 1.82) is 0 Å². The van der Waals surface area contributed by atoms with Gasteiger partial charge in [0.25, 0.3) is 5.56 Å². The molecule has 3 aromatic heterocycles. The molecule has 6 nitrogen and oxygen atoms in total. The zero-order valence-corrected chi connectivity index (χ0v) is 19.3. The molecule has 0 unspecified atom stereocenters. The number of amides is 1. The van der Waals surface area contributed by atoms with Crippen molar-refractivity contribution in [2.45, 2.75) is 37.4 Å². The number of aryl methyl sites for hydroxylation is 2. The summed E-state index contributed by atoms with van der Waals surface area (Å²) in [5, 5.41) is 3.72. The van der Waals surface area contributed by atoms with Crippen LogP contribution in [0.5, 0.6) is 0 Å². The monoisotopic (exact) mass is 480 g/mol. The van der Waals surface area contributed by atoms with Crippen LogP contribution in [-0.4, -0.2) is 26.2 Å². The first-order valence-electron chi connectivity index (χ1n) is 10.7. The van der Waals surface area contributed by atoms with E-state index in [1.54, 1.807) is 24.4 Å². The average molecular weight is 481 g/mol. The van der Waals surface area contributed by atoms with Gasteiger partial charge in [-0.3, -0.25) is 19.1 Å². The number of thioether (sulfide) groups is 1. The van der Waals surface area contributed by atoms with Gasteiger partial charge in [-0.1, -0.05) is 30.0 Å². The van der Waals surface area contributed by atoms with Crippen LogP contribution in [0.25, 0.3) is 15.9 Å². The highest BCUT2D eigenvalue weighted by molar-refractivity contribution is 7.99. The van der Waals surface area contributed by atoms with Crippen LogP contribution in [0.1, 0.15) is 29.0 Å². The van der Waals surface area contributed by atoms with Crippen LogP contribution in [0.15, 0.2) is 58.6 Å². The normalized spacial score (nSPS) is 13.1. The van der Waals surface area contributed by atoms with Crippen molar-refractivity contribution < 1.29 is 9.18 Å². The number of benzene rings is 1. The summed E-state index contributed by atoms with van der Waals surface area (Å²) >= 11 is 2.67. The van der Waals surface area contributed by atoms with Crippen LogP contribution in [0.4, 0.5) is 4.39 Å². The van der Waals surface area contributed by atoms with Crippen LogP contribution in [0.2, 0.25) is 0 Å². The highest BCUT2D eigenvalue weighted by Gasteiger charge is 2.24. The maximum atomic E-state index is 14.7. The van der Waals surface area contributed by atoms with E-state index in [2.05, 4.69) is 10.3 Å². The molecule has 1 aromatic carbocycles. The van der Waals surface area contributed by atoms with Gasteiger partial charge in [0.15, 0.2) is 5.16 Å². The van der Waals surface area contributed by atoms with Crippen molar-refractivity contribution in [2.75, 3.05) is 5.75 Å². The van der Waals surface area contributed by atoms with E-state index >= 15 is 0 Å². The molecule has 0 saturated carbocycles. The molecular weight excluding hydrogens is 459 g/mol. The molecule has 3 heterocycles. The van der Waals surface area contributed by atoms with E-state index < -0.39 is 5.82 Å². The van der Waals surface area contributed by atoms with Crippen LogP contribution in [-0.2, 0) is 24.2 Å². The number of hydrogen-bond acceptors (Lipinski definition) is 6. The SMILES string of the molecule is O=C(CSc1nc2sc3c(c2c(=O)n1-c1ccccc1F)CCCC3)NCc1ccccn1. The first-order chi connectivity index (χ1) is 16.1. The Labute approximate surface area is 197 Å². The van der Waals surface area contributed by atoms with Gasteiger partial charge in [-0.15, -0.1) is 11.3 Å². The lowest BCUT2D eigenvalue weighted by Gasteiger charge is -2.14. The average Bonchev–Trinajstić information content (AvgIpc) is 3.21. The number of rotatable bonds is 6. The third-order valence-electron chi connectivity index (χ3n) is 5.58. The number of pyridine rings is 1. The van der Waals surface area contributed by atoms with E-state index in [0.29, 0.717) is 21.9 Å². The summed E-state index contributed by atoms with van der Waals surface area (Å²) in [5.74, 6) is -0.679. The number of nitrogens with one attached hydrogen (secondary N) is 1. The fourth-order valence-electron chi connectivity index (χ4n) is 4.00. The number of nitrogens with zero attached hydrogens (tertiary/aromatic N) is 3. The molecule has 0 atom stereocenters. The third kappa shape index (κ3) is 4.43. The Balaban J connectivity index is 1.49. The van der Waals surface area contributed by atoms with Crippen molar-refractivity contribution in [3.63, 3.8) is 0 Å². The molecule has 0 radical (unpaired) electrons. The Morgan fingerprint density at radius 3 is 2.79 bits per heavy atom. The maximum Gasteiger partial charge on any atom is 0.267 e. The first kappa shape index (κ1) is 21.8. The molecule has 0 saturated heterocycles. The van der Waals surface area contributed by atoms with Gasteiger partial charge in [0, 0.05) is 11.1 Å². The Bertz CT molecular complexity index is 1380. The molecule has 1 N–H and O–H groups in total. The lowest BCUT2D eigenvalue weighted by atomic mass is 9.97. The molecule has 5 rings (SSSR count). The lowest BCUT2D eigenvalue weighted by Crippen LogP contribution is -2.27. The molecule has 9 heteroatoms. The molecular formula is C24H21FN4O2S2. The number of aromatic nitrogens is 3. The van der Waals surface area contributed by atoms with Crippen LogP contribution >= 0.6 is 23.1 Å². The van der Waals surface area contributed by atoms with E-state index in [-0.39, 0.29) is 22.9 Å². The van der Waals surface area contributed by atoms with Crippen LogP contribution < -0.4 is 10.9 Å². The van der Waals surface area contributed by atoms with E-state index in [1.807, 2.05) is 18.2 Å². The van der Waals surface area contributed by atoms with Gasteiger partial charge in [0.1, 0.15) is 10.6 Å². The third-order valence-corrected chi connectivity index (χ3v) is 7.70. The number of hydrogen-bond donors (Lipinski definition) is 1. The standard InChI is InChI=1S/C24H21FN4O2S2/c25-17-9-2-3-10-18(17)29-23(31)21-16-8-1-4-11-19(16)33-22(21)28-24(29)32-14-20(30)27-13-15-7-5-6-12-26-15/h2-3,5-7,9-10,12H,1,4,8,11,13-14H2,(H,27,30). The Hall–Kier alpha value is -3.04. The number of halogens is 1. The van der Waals surface area contributed by atoms with Gasteiger partial charge in [-0.25, -0.2) is 9.37 Å².